The van der Waals surface area contributed by atoms with E-state index in [4.69, 9.17) is 5.73 Å². The molecule has 1 aromatic heterocycles. The van der Waals surface area contributed by atoms with Crippen LogP contribution in [0.5, 0.6) is 0 Å². The summed E-state index contributed by atoms with van der Waals surface area (Å²) in [6, 6.07) is 8.65. The predicted molar refractivity (Wildman–Crippen MR) is 80.3 cm³/mol. The highest BCUT2D eigenvalue weighted by Gasteiger charge is 2.12. The van der Waals surface area contributed by atoms with E-state index in [9.17, 15) is 8.42 Å². The highest BCUT2D eigenvalue weighted by Crippen LogP contribution is 2.26. The maximum absolute atomic E-state index is 11.5. The summed E-state index contributed by atoms with van der Waals surface area (Å²) in [7, 11) is -1.32. The number of nitrogens with zero attached hydrogens (tertiary/aromatic N) is 2. The van der Waals surface area contributed by atoms with Gasteiger partial charge in [0.15, 0.2) is 9.84 Å². The lowest BCUT2D eigenvalue weighted by Crippen LogP contribution is -2.18. The minimum atomic E-state index is -3.23. The second kappa shape index (κ2) is 5.50. The van der Waals surface area contributed by atoms with Crippen LogP contribution in [0.3, 0.4) is 0 Å². The molecule has 0 atom stereocenters. The molecular formula is C14H17N3O2S. The normalized spacial score (nSPS) is 11.3. The van der Waals surface area contributed by atoms with Gasteiger partial charge >= 0.3 is 0 Å². The quantitative estimate of drug-likeness (QED) is 0.868. The predicted octanol–water partition coefficient (Wildman–Crippen LogP) is 1.70. The van der Waals surface area contributed by atoms with E-state index in [1.807, 2.05) is 24.1 Å². The zero-order valence-corrected chi connectivity index (χ0v) is 12.3. The topological polar surface area (TPSA) is 76.3 Å². The van der Waals surface area contributed by atoms with Gasteiger partial charge in [-0.2, -0.15) is 0 Å². The van der Waals surface area contributed by atoms with Crippen molar-refractivity contribution in [3.05, 3.63) is 48.3 Å². The number of nitrogens with two attached hydrogens (primary N) is 1. The van der Waals surface area contributed by atoms with Crippen molar-refractivity contribution in [3.63, 3.8) is 0 Å². The van der Waals surface area contributed by atoms with Crippen molar-refractivity contribution in [3.8, 4) is 0 Å². The van der Waals surface area contributed by atoms with Gasteiger partial charge in [0.2, 0.25) is 0 Å². The SMILES string of the molecule is CN(Cc1ccncc1)c1ccc(S(C)(=O)=O)cc1N. The van der Waals surface area contributed by atoms with Gasteiger partial charge in [0.25, 0.3) is 0 Å². The zero-order chi connectivity index (χ0) is 14.8. The first-order chi connectivity index (χ1) is 9.38. The Hall–Kier alpha value is -2.08. The molecule has 0 unspecified atom stereocenters. The summed E-state index contributed by atoms with van der Waals surface area (Å²) in [5.74, 6) is 0. The molecule has 5 nitrogen and oxygen atoms in total. The van der Waals surface area contributed by atoms with Crippen molar-refractivity contribution in [1.82, 2.24) is 4.98 Å². The first-order valence-corrected chi connectivity index (χ1v) is 7.96. The van der Waals surface area contributed by atoms with Gasteiger partial charge in [-0.15, -0.1) is 0 Å². The van der Waals surface area contributed by atoms with Crippen LogP contribution in [0, 0.1) is 0 Å². The summed E-state index contributed by atoms with van der Waals surface area (Å²) in [6.45, 7) is 0.672. The highest BCUT2D eigenvalue weighted by atomic mass is 32.2. The van der Waals surface area contributed by atoms with Gasteiger partial charge in [-0.25, -0.2) is 8.42 Å². The van der Waals surface area contributed by atoms with E-state index >= 15 is 0 Å². The lowest BCUT2D eigenvalue weighted by Gasteiger charge is -2.21. The van der Waals surface area contributed by atoms with Gasteiger partial charge in [0, 0.05) is 32.2 Å². The third-order valence-corrected chi connectivity index (χ3v) is 4.12. The van der Waals surface area contributed by atoms with Gasteiger partial charge < -0.3 is 10.6 Å². The number of sulfone groups is 1. The molecule has 0 bridgehead atoms. The zero-order valence-electron chi connectivity index (χ0n) is 11.4. The smallest absolute Gasteiger partial charge is 0.175 e. The standard InChI is InChI=1S/C14H17N3O2S/c1-17(10-11-5-7-16-8-6-11)14-4-3-12(9-13(14)15)20(2,18)19/h3-9H,10,15H2,1-2H3. The molecule has 2 aromatic rings. The maximum Gasteiger partial charge on any atom is 0.175 e. The van der Waals surface area contributed by atoms with E-state index in [0.29, 0.717) is 12.2 Å². The highest BCUT2D eigenvalue weighted by molar-refractivity contribution is 7.90. The Morgan fingerprint density at radius 1 is 1.20 bits per heavy atom. The fourth-order valence-corrected chi connectivity index (χ4v) is 2.61. The lowest BCUT2D eigenvalue weighted by molar-refractivity contribution is 0.602. The fourth-order valence-electron chi connectivity index (χ4n) is 1.96. The number of hydrogen-bond donors (Lipinski definition) is 1. The van der Waals surface area contributed by atoms with Crippen molar-refractivity contribution in [2.75, 3.05) is 23.9 Å². The molecule has 0 fully saturated rings. The van der Waals surface area contributed by atoms with E-state index < -0.39 is 9.84 Å². The number of nitrogen functional groups attached to an aromatic ring is 1. The van der Waals surface area contributed by atoms with Crippen LogP contribution in [-0.2, 0) is 16.4 Å². The second-order valence-corrected chi connectivity index (χ2v) is 6.72. The summed E-state index contributed by atoms with van der Waals surface area (Å²) in [4.78, 5) is 6.17. The van der Waals surface area contributed by atoms with Gasteiger partial charge in [-0.1, -0.05) is 0 Å². The minimum absolute atomic E-state index is 0.232. The number of benzene rings is 1. The Labute approximate surface area is 119 Å². The van der Waals surface area contributed by atoms with Crippen LogP contribution >= 0.6 is 0 Å². The molecule has 0 radical (unpaired) electrons. The number of anilines is 2. The Balaban J connectivity index is 2.25. The van der Waals surface area contributed by atoms with E-state index in [0.717, 1.165) is 11.3 Å². The largest absolute Gasteiger partial charge is 0.397 e. The molecule has 0 aliphatic rings. The van der Waals surface area contributed by atoms with Crippen LogP contribution in [0.4, 0.5) is 11.4 Å². The molecule has 6 heteroatoms. The van der Waals surface area contributed by atoms with Gasteiger partial charge in [0.1, 0.15) is 0 Å². The molecule has 0 saturated carbocycles. The number of hydrogen-bond acceptors (Lipinski definition) is 5. The van der Waals surface area contributed by atoms with Crippen molar-refractivity contribution in [2.24, 2.45) is 0 Å². The molecule has 0 aliphatic heterocycles. The van der Waals surface area contributed by atoms with Crippen molar-refractivity contribution in [2.45, 2.75) is 11.4 Å². The lowest BCUT2D eigenvalue weighted by atomic mass is 10.2. The fraction of sp³-hybridized carbons (Fsp3) is 0.214. The van der Waals surface area contributed by atoms with Gasteiger partial charge in [-0.3, -0.25) is 4.98 Å². The number of rotatable bonds is 4. The third-order valence-electron chi connectivity index (χ3n) is 3.01. The minimum Gasteiger partial charge on any atom is -0.397 e. The van der Waals surface area contributed by atoms with Gasteiger partial charge in [0.05, 0.1) is 16.3 Å². The van der Waals surface area contributed by atoms with E-state index in [1.165, 1.54) is 12.3 Å². The molecular weight excluding hydrogens is 274 g/mol. The Bertz CT molecular complexity index is 700. The molecule has 0 aliphatic carbocycles. The first kappa shape index (κ1) is 14.3. The Morgan fingerprint density at radius 3 is 2.40 bits per heavy atom. The Morgan fingerprint density at radius 2 is 1.85 bits per heavy atom. The third kappa shape index (κ3) is 3.27. The molecule has 2 rings (SSSR count). The van der Waals surface area contributed by atoms with E-state index in [1.54, 1.807) is 24.5 Å². The Kier molecular flexibility index (Phi) is 3.94. The average Bonchev–Trinajstić information content (AvgIpc) is 2.38. The summed E-state index contributed by atoms with van der Waals surface area (Å²) >= 11 is 0. The van der Waals surface area contributed by atoms with E-state index in [-0.39, 0.29) is 4.90 Å². The molecule has 20 heavy (non-hydrogen) atoms. The van der Waals surface area contributed by atoms with E-state index in [2.05, 4.69) is 4.98 Å². The molecule has 2 N–H and O–H groups in total. The van der Waals surface area contributed by atoms with Crippen LogP contribution in [0.25, 0.3) is 0 Å². The van der Waals surface area contributed by atoms with Crippen molar-refractivity contribution < 1.29 is 8.42 Å². The second-order valence-electron chi connectivity index (χ2n) is 4.70. The van der Waals surface area contributed by atoms with Crippen LogP contribution in [-0.4, -0.2) is 26.7 Å². The summed E-state index contributed by atoms with van der Waals surface area (Å²) in [5.41, 5.74) is 8.31. The molecule has 106 valence electrons. The molecule has 0 amide bonds. The van der Waals surface area contributed by atoms with Crippen LogP contribution in [0.15, 0.2) is 47.6 Å². The summed E-state index contributed by atoms with van der Waals surface area (Å²) < 4.78 is 23.0. The molecule has 1 aromatic carbocycles. The number of aromatic nitrogens is 1. The van der Waals surface area contributed by atoms with Crippen molar-refractivity contribution in [1.29, 1.82) is 0 Å². The van der Waals surface area contributed by atoms with Crippen LogP contribution in [0.2, 0.25) is 0 Å². The summed E-state index contributed by atoms with van der Waals surface area (Å²) in [6.07, 6.45) is 4.64. The van der Waals surface area contributed by atoms with Crippen LogP contribution in [0.1, 0.15) is 5.56 Å². The number of pyridine rings is 1. The first-order valence-electron chi connectivity index (χ1n) is 6.07. The summed E-state index contributed by atoms with van der Waals surface area (Å²) in [5, 5.41) is 0. The van der Waals surface area contributed by atoms with Gasteiger partial charge in [-0.05, 0) is 35.9 Å². The van der Waals surface area contributed by atoms with Crippen molar-refractivity contribution >= 4 is 21.2 Å². The monoisotopic (exact) mass is 291 g/mol. The molecule has 1 heterocycles. The molecule has 0 spiro atoms. The average molecular weight is 291 g/mol. The van der Waals surface area contributed by atoms with Crippen LogP contribution < -0.4 is 10.6 Å². The maximum atomic E-state index is 11.5. The molecule has 0 saturated heterocycles.